The summed E-state index contributed by atoms with van der Waals surface area (Å²) in [6.45, 7) is 0. The van der Waals surface area contributed by atoms with Crippen molar-refractivity contribution >= 4 is 38.9 Å². The molecule has 0 aliphatic carbocycles. The van der Waals surface area contributed by atoms with Crippen molar-refractivity contribution in [1.29, 1.82) is 0 Å². The van der Waals surface area contributed by atoms with E-state index < -0.39 is 0 Å². The predicted octanol–water partition coefficient (Wildman–Crippen LogP) is 4.06. The highest BCUT2D eigenvalue weighted by atomic mass is 79.9. The van der Waals surface area contributed by atoms with Crippen LogP contribution in [0.2, 0.25) is 5.02 Å². The number of nitrogens with zero attached hydrogens (tertiary/aromatic N) is 1. The van der Waals surface area contributed by atoms with Gasteiger partial charge >= 0.3 is 0 Å². The molecule has 0 aromatic carbocycles. The minimum absolute atomic E-state index is 0.210. The lowest BCUT2D eigenvalue weighted by atomic mass is 10.1. The van der Waals surface area contributed by atoms with E-state index in [9.17, 15) is 0 Å². The van der Waals surface area contributed by atoms with Crippen LogP contribution < -0.4 is 5.32 Å². The van der Waals surface area contributed by atoms with Gasteiger partial charge in [-0.25, -0.2) is 0 Å². The Kier molecular flexibility index (Phi) is 4.56. The first kappa shape index (κ1) is 13.0. The number of hydrogen-bond acceptors (Lipinski definition) is 3. The number of hydrogen-bond donors (Lipinski definition) is 1. The van der Waals surface area contributed by atoms with Crippen molar-refractivity contribution < 1.29 is 0 Å². The molecule has 1 N–H and O–H groups in total. The van der Waals surface area contributed by atoms with Crippen LogP contribution >= 0.6 is 38.9 Å². The normalized spacial score (nSPS) is 12.6. The maximum Gasteiger partial charge on any atom is 0.0589 e. The molecule has 0 aliphatic heterocycles. The molecule has 2 aromatic heterocycles. The van der Waals surface area contributed by atoms with Crippen molar-refractivity contribution in [1.82, 2.24) is 10.3 Å². The van der Waals surface area contributed by atoms with E-state index in [2.05, 4.69) is 37.7 Å². The zero-order chi connectivity index (χ0) is 12.3. The summed E-state index contributed by atoms with van der Waals surface area (Å²) in [5.41, 5.74) is 1.01. The highest BCUT2D eigenvalue weighted by Crippen LogP contribution is 2.27. The van der Waals surface area contributed by atoms with E-state index in [1.807, 2.05) is 19.2 Å². The molecular formula is C12H12BrClN2S. The Hall–Kier alpha value is -0.420. The molecule has 17 heavy (non-hydrogen) atoms. The highest BCUT2D eigenvalue weighted by molar-refractivity contribution is 9.10. The first-order valence-electron chi connectivity index (χ1n) is 5.21. The van der Waals surface area contributed by atoms with Gasteiger partial charge in [0.1, 0.15) is 0 Å². The SMILES string of the molecule is CNC(Cc1sccc1Br)c1ccc(Cl)cn1. The summed E-state index contributed by atoms with van der Waals surface area (Å²) in [4.78, 5) is 5.67. The van der Waals surface area contributed by atoms with Gasteiger partial charge in [-0.2, -0.15) is 0 Å². The van der Waals surface area contributed by atoms with E-state index in [1.165, 1.54) is 4.88 Å². The molecule has 0 saturated carbocycles. The van der Waals surface area contributed by atoms with Crippen LogP contribution in [0.5, 0.6) is 0 Å². The molecule has 0 saturated heterocycles. The summed E-state index contributed by atoms with van der Waals surface area (Å²) in [6, 6.07) is 6.12. The molecule has 0 amide bonds. The zero-order valence-corrected chi connectivity index (χ0v) is 12.4. The summed E-state index contributed by atoms with van der Waals surface area (Å²) in [7, 11) is 1.95. The molecule has 2 nitrogen and oxygen atoms in total. The third kappa shape index (κ3) is 3.28. The summed E-state index contributed by atoms with van der Waals surface area (Å²) in [5, 5.41) is 6.04. The van der Waals surface area contributed by atoms with Gasteiger partial charge in [0.05, 0.1) is 16.8 Å². The lowest BCUT2D eigenvalue weighted by molar-refractivity contribution is 0.579. The van der Waals surface area contributed by atoms with E-state index >= 15 is 0 Å². The highest BCUT2D eigenvalue weighted by Gasteiger charge is 2.13. The smallest absolute Gasteiger partial charge is 0.0589 e. The van der Waals surface area contributed by atoms with Crippen molar-refractivity contribution in [2.75, 3.05) is 7.05 Å². The van der Waals surface area contributed by atoms with E-state index in [0.717, 1.165) is 16.6 Å². The Morgan fingerprint density at radius 2 is 2.29 bits per heavy atom. The van der Waals surface area contributed by atoms with Crippen molar-refractivity contribution in [3.63, 3.8) is 0 Å². The molecule has 2 heterocycles. The Bertz CT molecular complexity index is 484. The molecule has 0 aliphatic rings. The quantitative estimate of drug-likeness (QED) is 0.914. The van der Waals surface area contributed by atoms with Crippen LogP contribution in [0.25, 0.3) is 0 Å². The number of rotatable bonds is 4. The molecule has 90 valence electrons. The molecule has 0 fully saturated rings. The average molecular weight is 332 g/mol. The number of aromatic nitrogens is 1. The maximum absolute atomic E-state index is 5.84. The summed E-state index contributed by atoms with van der Waals surface area (Å²) >= 11 is 11.1. The van der Waals surface area contributed by atoms with Gasteiger partial charge in [-0.1, -0.05) is 11.6 Å². The monoisotopic (exact) mass is 330 g/mol. The van der Waals surface area contributed by atoms with Crippen molar-refractivity contribution in [2.45, 2.75) is 12.5 Å². The van der Waals surface area contributed by atoms with Gasteiger partial charge in [0.25, 0.3) is 0 Å². The second kappa shape index (κ2) is 5.96. The average Bonchev–Trinajstić information content (AvgIpc) is 2.73. The molecule has 0 bridgehead atoms. The van der Waals surface area contributed by atoms with E-state index in [0.29, 0.717) is 5.02 Å². The largest absolute Gasteiger partial charge is 0.311 e. The van der Waals surface area contributed by atoms with Crippen LogP contribution in [0.1, 0.15) is 16.6 Å². The fourth-order valence-corrected chi connectivity index (χ4v) is 3.28. The number of nitrogens with one attached hydrogen (secondary N) is 1. The third-order valence-electron chi connectivity index (χ3n) is 2.54. The van der Waals surface area contributed by atoms with E-state index in [-0.39, 0.29) is 6.04 Å². The molecule has 2 aromatic rings. The number of halogens is 2. The maximum atomic E-state index is 5.84. The van der Waals surface area contributed by atoms with Gasteiger partial charge in [0, 0.05) is 22.0 Å². The summed E-state index contributed by atoms with van der Waals surface area (Å²) < 4.78 is 1.16. The van der Waals surface area contributed by atoms with E-state index in [1.54, 1.807) is 17.5 Å². The van der Waals surface area contributed by atoms with Gasteiger partial charge in [0.2, 0.25) is 0 Å². The molecule has 1 unspecified atom stereocenters. The van der Waals surface area contributed by atoms with Crippen LogP contribution in [-0.4, -0.2) is 12.0 Å². The van der Waals surface area contributed by atoms with Crippen LogP contribution in [-0.2, 0) is 6.42 Å². The lowest BCUT2D eigenvalue weighted by Crippen LogP contribution is -2.19. The summed E-state index contributed by atoms with van der Waals surface area (Å²) in [6.07, 6.45) is 2.61. The van der Waals surface area contributed by atoms with Crippen LogP contribution in [0.4, 0.5) is 0 Å². The second-order valence-electron chi connectivity index (χ2n) is 3.64. The first-order valence-corrected chi connectivity index (χ1v) is 7.26. The van der Waals surface area contributed by atoms with Gasteiger partial charge < -0.3 is 5.32 Å². The minimum Gasteiger partial charge on any atom is -0.311 e. The lowest BCUT2D eigenvalue weighted by Gasteiger charge is -2.15. The third-order valence-corrected chi connectivity index (χ3v) is 4.71. The van der Waals surface area contributed by atoms with E-state index in [4.69, 9.17) is 11.6 Å². The topological polar surface area (TPSA) is 24.9 Å². The van der Waals surface area contributed by atoms with Crippen LogP contribution in [0, 0.1) is 0 Å². The first-order chi connectivity index (χ1) is 8.20. The Morgan fingerprint density at radius 1 is 1.47 bits per heavy atom. The minimum atomic E-state index is 0.210. The Morgan fingerprint density at radius 3 is 2.82 bits per heavy atom. The molecule has 5 heteroatoms. The molecule has 1 atom stereocenters. The van der Waals surface area contributed by atoms with Gasteiger partial charge in [-0.05, 0) is 46.6 Å². The van der Waals surface area contributed by atoms with Crippen LogP contribution in [0.3, 0.4) is 0 Å². The van der Waals surface area contributed by atoms with Gasteiger partial charge in [0.15, 0.2) is 0 Å². The fourth-order valence-electron chi connectivity index (χ4n) is 1.60. The van der Waals surface area contributed by atoms with Crippen molar-refractivity contribution in [2.24, 2.45) is 0 Å². The standard InChI is InChI=1S/C12H12BrClN2S/c1-15-11(6-12-9(13)4-5-17-12)10-3-2-8(14)7-16-10/h2-5,7,11,15H,6H2,1H3. The Balaban J connectivity index is 2.17. The molecule has 2 rings (SSSR count). The van der Waals surface area contributed by atoms with Crippen molar-refractivity contribution in [3.8, 4) is 0 Å². The fraction of sp³-hybridized carbons (Fsp3) is 0.250. The molecule has 0 radical (unpaired) electrons. The number of thiophene rings is 1. The Labute approximate surface area is 118 Å². The number of likely N-dealkylation sites (N-methyl/N-ethyl adjacent to an activating group) is 1. The molecular weight excluding hydrogens is 320 g/mol. The van der Waals surface area contributed by atoms with Crippen molar-refractivity contribution in [3.05, 3.63) is 49.8 Å². The number of pyridine rings is 1. The predicted molar refractivity (Wildman–Crippen MR) is 76.8 cm³/mol. The van der Waals surface area contributed by atoms with Gasteiger partial charge in [-0.3, -0.25) is 4.98 Å². The molecule has 0 spiro atoms. The second-order valence-corrected chi connectivity index (χ2v) is 5.93. The van der Waals surface area contributed by atoms with Gasteiger partial charge in [-0.15, -0.1) is 11.3 Å². The summed E-state index contributed by atoms with van der Waals surface area (Å²) in [5.74, 6) is 0. The van der Waals surface area contributed by atoms with Crippen LogP contribution in [0.15, 0.2) is 34.2 Å². The zero-order valence-electron chi connectivity index (χ0n) is 9.28.